The number of aromatic nitrogens is 3. The van der Waals surface area contributed by atoms with Crippen LogP contribution in [0.15, 0.2) is 29.6 Å². The number of anilines is 1. The number of methoxy groups -OCH3 is 1. The van der Waals surface area contributed by atoms with Crippen LogP contribution in [0, 0.1) is 11.7 Å². The number of halogens is 1. The summed E-state index contributed by atoms with van der Waals surface area (Å²) in [7, 11) is 1.46. The highest BCUT2D eigenvalue weighted by Gasteiger charge is 2.38. The summed E-state index contributed by atoms with van der Waals surface area (Å²) in [6.45, 7) is 3.62. The number of imidazole rings is 1. The van der Waals surface area contributed by atoms with Crippen molar-refractivity contribution < 1.29 is 28.6 Å². The summed E-state index contributed by atoms with van der Waals surface area (Å²) in [5, 5.41) is 18.0. The number of hydrogen-bond acceptors (Lipinski definition) is 8. The molecule has 4 atom stereocenters. The zero-order valence-corrected chi connectivity index (χ0v) is 24.6. The molecule has 2 aromatic heterocycles. The van der Waals surface area contributed by atoms with E-state index in [1.165, 1.54) is 38.8 Å². The summed E-state index contributed by atoms with van der Waals surface area (Å²) >= 11 is 0. The van der Waals surface area contributed by atoms with Gasteiger partial charge >= 0.3 is 5.97 Å². The molecule has 3 aliphatic rings. The summed E-state index contributed by atoms with van der Waals surface area (Å²) in [5.41, 5.74) is 0.252. The van der Waals surface area contributed by atoms with E-state index in [-0.39, 0.29) is 35.2 Å². The molecule has 44 heavy (non-hydrogen) atoms. The van der Waals surface area contributed by atoms with Gasteiger partial charge in [-0.15, -0.1) is 0 Å². The number of amides is 2. The van der Waals surface area contributed by atoms with Gasteiger partial charge in [0.1, 0.15) is 23.3 Å². The number of carbonyl (C=O) groups is 3. The van der Waals surface area contributed by atoms with E-state index in [2.05, 4.69) is 25.9 Å². The number of ether oxygens (including phenoxy) is 1. The Morgan fingerprint density at radius 2 is 2.02 bits per heavy atom. The number of H-pyrrole nitrogens is 1. The lowest BCUT2D eigenvalue weighted by Crippen LogP contribution is -2.51. The van der Waals surface area contributed by atoms with Gasteiger partial charge in [-0.2, -0.15) is 0 Å². The Bertz CT molecular complexity index is 1640. The number of aliphatic carboxylic acids is 1. The molecular formula is C30H36FN7O6. The van der Waals surface area contributed by atoms with Crippen molar-refractivity contribution in [1.29, 1.82) is 0 Å². The van der Waals surface area contributed by atoms with Crippen LogP contribution in [0.4, 0.5) is 10.1 Å². The third-order valence-corrected chi connectivity index (χ3v) is 8.83. The molecule has 14 heteroatoms. The number of carbonyl (C=O) groups excluding carboxylic acids is 2. The molecule has 0 bridgehead atoms. The number of nitrogens with one attached hydrogen (secondary N) is 4. The smallest absolute Gasteiger partial charge is 0.326 e. The highest BCUT2D eigenvalue weighted by atomic mass is 19.1. The lowest BCUT2D eigenvalue weighted by molar-refractivity contribution is -0.142. The fourth-order valence-electron chi connectivity index (χ4n) is 6.41. The third kappa shape index (κ3) is 5.61. The first-order valence-electron chi connectivity index (χ1n) is 14.9. The molecule has 13 nitrogen and oxygen atoms in total. The third-order valence-electron chi connectivity index (χ3n) is 8.83. The monoisotopic (exact) mass is 609 g/mol. The Balaban J connectivity index is 1.29. The summed E-state index contributed by atoms with van der Waals surface area (Å²) in [6.07, 6.45) is 8.08. The molecule has 4 heterocycles. The van der Waals surface area contributed by atoms with Crippen LogP contribution in [0.3, 0.4) is 0 Å². The molecule has 2 aliphatic heterocycles. The number of fused-ring (bicyclic) bond motifs is 2. The minimum atomic E-state index is -1.28. The minimum absolute atomic E-state index is 0.00113. The van der Waals surface area contributed by atoms with Gasteiger partial charge in [0.15, 0.2) is 11.6 Å². The molecule has 234 valence electrons. The number of nitrogens with zero attached hydrogens (tertiary/aromatic N) is 3. The summed E-state index contributed by atoms with van der Waals surface area (Å²) in [4.78, 5) is 60.4. The van der Waals surface area contributed by atoms with Crippen LogP contribution in [-0.4, -0.2) is 82.3 Å². The number of piperidine rings is 1. The molecule has 5 N–H and O–H groups in total. The average molecular weight is 610 g/mol. The number of pyridine rings is 1. The molecule has 1 saturated carbocycles. The Kier molecular flexibility index (Phi) is 8.01. The van der Waals surface area contributed by atoms with Gasteiger partial charge in [-0.25, -0.2) is 14.2 Å². The van der Waals surface area contributed by atoms with Gasteiger partial charge in [-0.05, 0) is 51.1 Å². The molecular weight excluding hydrogens is 573 g/mol. The normalized spacial score (nSPS) is 21.0. The molecule has 0 spiro atoms. The Hall–Kier alpha value is -4.46. The standard InChI is InChI=1S/C30H36FN7O6/c1-15(28(40)36-22(30(42)43)8-17-10-32-14-34-17)35-29(41)20-12-38(18-5-6-18)24-19(26(20)39)9-21(31)25(27(24)44-2)37-11-16-4-3-7-33-23(16)13-37/h9-10,12,14-16,18,22-23,33H,3-8,11,13H2,1-2H3,(H,32,34)(H,35,41)(H,36,40)(H,42,43)/t15?,16-,22?,23?/m0/s1. The number of aromatic amines is 1. The van der Waals surface area contributed by atoms with Crippen molar-refractivity contribution in [3.8, 4) is 5.75 Å². The van der Waals surface area contributed by atoms with Crippen molar-refractivity contribution in [3.63, 3.8) is 0 Å². The summed E-state index contributed by atoms with van der Waals surface area (Å²) in [5.74, 6) is -2.78. The maximum Gasteiger partial charge on any atom is 0.326 e. The van der Waals surface area contributed by atoms with Crippen molar-refractivity contribution in [2.45, 2.75) is 63.2 Å². The van der Waals surface area contributed by atoms with Crippen LogP contribution in [0.5, 0.6) is 5.75 Å². The van der Waals surface area contributed by atoms with Crippen LogP contribution in [-0.2, 0) is 16.0 Å². The molecule has 2 amide bonds. The quantitative estimate of drug-likeness (QED) is 0.228. The molecule has 1 aliphatic carbocycles. The number of rotatable bonds is 10. The van der Waals surface area contributed by atoms with Crippen LogP contribution in [0.25, 0.3) is 10.9 Å². The predicted octanol–water partition coefficient (Wildman–Crippen LogP) is 1.33. The Morgan fingerprint density at radius 3 is 2.68 bits per heavy atom. The van der Waals surface area contributed by atoms with Gasteiger partial charge in [0.05, 0.1) is 30.0 Å². The second-order valence-electron chi connectivity index (χ2n) is 11.9. The number of carboxylic acid groups (broad SMARTS) is 1. The van der Waals surface area contributed by atoms with Crippen molar-refractivity contribution in [3.05, 3.63) is 52.1 Å². The molecule has 6 rings (SSSR count). The first-order valence-corrected chi connectivity index (χ1v) is 14.9. The lowest BCUT2D eigenvalue weighted by Gasteiger charge is -2.25. The second kappa shape index (κ2) is 11.9. The minimum Gasteiger partial charge on any atom is -0.492 e. The van der Waals surface area contributed by atoms with Crippen LogP contribution < -0.4 is 31.0 Å². The highest BCUT2D eigenvalue weighted by molar-refractivity contribution is 6.01. The fourth-order valence-corrected chi connectivity index (χ4v) is 6.41. The van der Waals surface area contributed by atoms with E-state index in [4.69, 9.17) is 4.74 Å². The van der Waals surface area contributed by atoms with Gasteiger partial charge < -0.3 is 40.2 Å². The molecule has 3 aromatic rings. The van der Waals surface area contributed by atoms with Crippen LogP contribution >= 0.6 is 0 Å². The maximum absolute atomic E-state index is 15.9. The molecule has 2 saturated heterocycles. The van der Waals surface area contributed by atoms with Crippen molar-refractivity contribution >= 4 is 34.4 Å². The van der Waals surface area contributed by atoms with E-state index in [1.54, 1.807) is 0 Å². The van der Waals surface area contributed by atoms with Gasteiger partial charge in [0.25, 0.3) is 5.91 Å². The van der Waals surface area contributed by atoms with Gasteiger partial charge in [-0.3, -0.25) is 14.4 Å². The van der Waals surface area contributed by atoms with E-state index in [9.17, 15) is 24.3 Å². The lowest BCUT2D eigenvalue weighted by atomic mass is 9.94. The largest absolute Gasteiger partial charge is 0.492 e. The fraction of sp³-hybridized carbons (Fsp3) is 0.500. The van der Waals surface area contributed by atoms with E-state index in [0.29, 0.717) is 35.9 Å². The van der Waals surface area contributed by atoms with E-state index in [0.717, 1.165) is 32.2 Å². The number of carboxylic acids is 1. The van der Waals surface area contributed by atoms with Gasteiger partial charge in [-0.1, -0.05) is 0 Å². The van der Waals surface area contributed by atoms with Crippen molar-refractivity contribution in [2.75, 3.05) is 31.6 Å². The van der Waals surface area contributed by atoms with E-state index < -0.39 is 41.1 Å². The topological polar surface area (TPSA) is 171 Å². The van der Waals surface area contributed by atoms with Crippen molar-refractivity contribution in [2.24, 2.45) is 5.92 Å². The number of benzene rings is 1. The molecule has 3 unspecified atom stereocenters. The van der Waals surface area contributed by atoms with Crippen LogP contribution in [0.1, 0.15) is 54.7 Å². The van der Waals surface area contributed by atoms with Crippen molar-refractivity contribution in [1.82, 2.24) is 30.5 Å². The SMILES string of the molecule is COc1c(N2CC3NCCC[C@H]3C2)c(F)cc2c(=O)c(C(=O)NC(C)C(=O)NC(Cc3c[nH]cn3)C(=O)O)cn(C3CC3)c12. The highest BCUT2D eigenvalue weighted by Crippen LogP contribution is 2.45. The first kappa shape index (κ1) is 29.6. The van der Waals surface area contributed by atoms with Gasteiger partial charge in [0.2, 0.25) is 11.3 Å². The Morgan fingerprint density at radius 1 is 1.23 bits per heavy atom. The molecule has 1 aromatic carbocycles. The van der Waals surface area contributed by atoms with Crippen LogP contribution in [0.2, 0.25) is 0 Å². The first-order chi connectivity index (χ1) is 21.2. The summed E-state index contributed by atoms with van der Waals surface area (Å²) in [6, 6.07) is -1.01. The predicted molar refractivity (Wildman–Crippen MR) is 159 cm³/mol. The van der Waals surface area contributed by atoms with Gasteiger partial charge in [0, 0.05) is 44.0 Å². The molecule has 3 fully saturated rings. The second-order valence-corrected chi connectivity index (χ2v) is 11.9. The van der Waals surface area contributed by atoms with E-state index in [1.807, 2.05) is 9.47 Å². The average Bonchev–Trinajstić information content (AvgIpc) is 3.54. The number of hydrogen-bond donors (Lipinski definition) is 5. The summed E-state index contributed by atoms with van der Waals surface area (Å²) < 4.78 is 23.5. The maximum atomic E-state index is 15.9. The Labute approximate surface area is 252 Å². The molecule has 0 radical (unpaired) electrons. The zero-order chi connectivity index (χ0) is 31.1. The van der Waals surface area contributed by atoms with E-state index >= 15 is 4.39 Å². The zero-order valence-electron chi connectivity index (χ0n) is 24.6.